The highest BCUT2D eigenvalue weighted by Crippen LogP contribution is 2.30. The quantitative estimate of drug-likeness (QED) is 0.0287. The number of allylic oxidation sites excluding steroid dienone is 3. The molecule has 1 N–H and O–H groups in total. The molecular weight excluding hydrogens is 883 g/mol. The summed E-state index contributed by atoms with van der Waals surface area (Å²) in [6.45, 7) is 8.27. The molecule has 69 heavy (non-hydrogen) atoms. The normalized spacial score (nSPS) is 18.9. The standard InChI is InChI=1S/C55H87NO13/c1-7-9-11-13-15-17-19-21-23-25-27-29-34-38-48(68-54(62)46-36-32-31-33-37-46)47(56-50(61)39-35-30-28-26-24-22-20-18-16-14-12-10-8-2)40-64-55-53(67-45(6)60)52(66-44(5)59)51(65-43(4)58)49(69-55)41-63-42(3)57/h23,25,31-34,36-38,47-49,51-53,55H,7-22,24,26-30,35,39-41H2,1-6H3,(H,56,61)/b25-23-,38-34+/t47-,48+,49-,51-,52+,53-,55-/m1/s1. The molecule has 0 bridgehead atoms. The highest BCUT2D eigenvalue weighted by atomic mass is 16.7. The Kier molecular flexibility index (Phi) is 33.5. The van der Waals surface area contributed by atoms with E-state index in [1.54, 1.807) is 36.4 Å². The van der Waals surface area contributed by atoms with E-state index in [0.29, 0.717) is 18.4 Å². The Balaban J connectivity index is 2.34. The van der Waals surface area contributed by atoms with E-state index in [4.69, 9.17) is 33.2 Å². The molecule has 1 aromatic rings. The van der Waals surface area contributed by atoms with Gasteiger partial charge >= 0.3 is 29.8 Å². The molecule has 7 atom stereocenters. The third-order valence-electron chi connectivity index (χ3n) is 11.9. The van der Waals surface area contributed by atoms with Crippen molar-refractivity contribution in [1.29, 1.82) is 0 Å². The van der Waals surface area contributed by atoms with E-state index in [-0.39, 0.29) is 18.9 Å². The van der Waals surface area contributed by atoms with Gasteiger partial charge in [0.25, 0.3) is 0 Å². The lowest BCUT2D eigenvalue weighted by molar-refractivity contribution is -0.309. The zero-order valence-electron chi connectivity index (χ0n) is 42.9. The van der Waals surface area contributed by atoms with E-state index in [2.05, 4.69) is 31.3 Å². The van der Waals surface area contributed by atoms with Crippen molar-refractivity contribution in [2.45, 2.75) is 238 Å². The summed E-state index contributed by atoms with van der Waals surface area (Å²) in [6, 6.07) is 7.51. The first-order valence-corrected chi connectivity index (χ1v) is 26.1. The predicted octanol–water partition coefficient (Wildman–Crippen LogP) is 11.3. The fourth-order valence-corrected chi connectivity index (χ4v) is 8.22. The van der Waals surface area contributed by atoms with Gasteiger partial charge in [0, 0.05) is 34.1 Å². The van der Waals surface area contributed by atoms with Crippen LogP contribution in [-0.4, -0.2) is 91.8 Å². The Morgan fingerprint density at radius 1 is 0.580 bits per heavy atom. The highest BCUT2D eigenvalue weighted by molar-refractivity contribution is 5.89. The molecule has 1 aliphatic heterocycles. The second-order valence-corrected chi connectivity index (χ2v) is 18.2. The molecule has 390 valence electrons. The van der Waals surface area contributed by atoms with Gasteiger partial charge in [0.1, 0.15) is 18.8 Å². The fraction of sp³-hybridized carbons (Fsp3) is 0.709. The number of carbonyl (C=O) groups is 6. The number of ether oxygens (including phenoxy) is 7. The fourth-order valence-electron chi connectivity index (χ4n) is 8.22. The number of esters is 5. The maximum atomic E-state index is 13.8. The Morgan fingerprint density at radius 3 is 1.62 bits per heavy atom. The lowest BCUT2D eigenvalue weighted by Crippen LogP contribution is -2.63. The maximum absolute atomic E-state index is 13.8. The van der Waals surface area contributed by atoms with Gasteiger partial charge in [-0.15, -0.1) is 0 Å². The first-order chi connectivity index (χ1) is 33.4. The molecule has 0 unspecified atom stereocenters. The molecule has 14 heteroatoms. The monoisotopic (exact) mass is 970 g/mol. The highest BCUT2D eigenvalue weighted by Gasteiger charge is 2.53. The van der Waals surface area contributed by atoms with Gasteiger partial charge in [0.15, 0.2) is 24.6 Å². The van der Waals surface area contributed by atoms with Crippen LogP contribution in [0.1, 0.15) is 206 Å². The molecule has 1 aromatic carbocycles. The van der Waals surface area contributed by atoms with Gasteiger partial charge in [-0.1, -0.05) is 166 Å². The first kappa shape index (κ1) is 60.6. The van der Waals surface area contributed by atoms with Crippen molar-refractivity contribution in [3.63, 3.8) is 0 Å². The molecule has 0 radical (unpaired) electrons. The topological polar surface area (TPSA) is 179 Å². The average Bonchev–Trinajstić information content (AvgIpc) is 3.31. The third kappa shape index (κ3) is 28.6. The SMILES string of the molecule is CCCCCCCCC/C=C\CC/C=C/[C@H](OC(=O)c1ccccc1)[C@@H](CO[C@@H]1O[C@H](COC(C)=O)[C@@H](OC(C)=O)[C@H](OC(C)=O)[C@H]1OC(C)=O)NC(=O)CCCCCCCCCCCCCCC. The summed E-state index contributed by atoms with van der Waals surface area (Å²) in [7, 11) is 0. The van der Waals surface area contributed by atoms with E-state index >= 15 is 0 Å². The summed E-state index contributed by atoms with van der Waals surface area (Å²) >= 11 is 0. The number of carbonyl (C=O) groups excluding carboxylic acids is 6. The van der Waals surface area contributed by atoms with Gasteiger partial charge in [0.05, 0.1) is 18.2 Å². The lowest BCUT2D eigenvalue weighted by Gasteiger charge is -2.44. The van der Waals surface area contributed by atoms with Crippen molar-refractivity contribution < 1.29 is 61.9 Å². The summed E-state index contributed by atoms with van der Waals surface area (Å²) < 4.78 is 40.7. The van der Waals surface area contributed by atoms with Crippen molar-refractivity contribution in [2.75, 3.05) is 13.2 Å². The summed E-state index contributed by atoms with van der Waals surface area (Å²) in [5.41, 5.74) is 0.307. The second-order valence-electron chi connectivity index (χ2n) is 18.2. The van der Waals surface area contributed by atoms with Crippen LogP contribution in [0.4, 0.5) is 0 Å². The number of unbranched alkanes of at least 4 members (excludes halogenated alkanes) is 20. The molecule has 1 aliphatic rings. The second kappa shape index (κ2) is 38.2. The number of amides is 1. The van der Waals surface area contributed by atoms with Crippen LogP contribution in [0, 0.1) is 0 Å². The molecule has 0 aliphatic carbocycles. The Morgan fingerprint density at radius 2 is 1.07 bits per heavy atom. The summed E-state index contributed by atoms with van der Waals surface area (Å²) in [4.78, 5) is 76.7. The molecule has 0 aromatic heterocycles. The van der Waals surface area contributed by atoms with Crippen LogP contribution in [0.3, 0.4) is 0 Å². The van der Waals surface area contributed by atoms with Crippen molar-refractivity contribution in [2.24, 2.45) is 0 Å². The van der Waals surface area contributed by atoms with Crippen LogP contribution in [-0.2, 0) is 57.1 Å². The van der Waals surface area contributed by atoms with E-state index < -0.39 is 79.3 Å². The van der Waals surface area contributed by atoms with E-state index in [9.17, 15) is 28.8 Å². The number of hydrogen-bond acceptors (Lipinski definition) is 13. The van der Waals surface area contributed by atoms with Gasteiger partial charge in [-0.2, -0.15) is 0 Å². The minimum atomic E-state index is -1.51. The van der Waals surface area contributed by atoms with Gasteiger partial charge in [-0.05, 0) is 50.3 Å². The molecule has 1 saturated heterocycles. The Labute approximate surface area is 413 Å². The zero-order valence-corrected chi connectivity index (χ0v) is 42.9. The Hall–Kier alpha value is -4.56. The van der Waals surface area contributed by atoms with E-state index in [1.165, 1.54) is 103 Å². The smallest absolute Gasteiger partial charge is 0.338 e. The van der Waals surface area contributed by atoms with Gasteiger partial charge in [0.2, 0.25) is 5.91 Å². The van der Waals surface area contributed by atoms with Crippen LogP contribution in [0.15, 0.2) is 54.6 Å². The molecule has 2 rings (SSSR count). The third-order valence-corrected chi connectivity index (χ3v) is 11.9. The van der Waals surface area contributed by atoms with E-state index in [0.717, 1.165) is 59.3 Å². The molecule has 0 saturated carbocycles. The minimum absolute atomic E-state index is 0.222. The zero-order chi connectivity index (χ0) is 50.5. The molecule has 1 heterocycles. The van der Waals surface area contributed by atoms with Crippen LogP contribution in [0.2, 0.25) is 0 Å². The summed E-state index contributed by atoms with van der Waals surface area (Å²) in [5.74, 6) is -3.90. The van der Waals surface area contributed by atoms with Gasteiger partial charge < -0.3 is 38.5 Å². The van der Waals surface area contributed by atoms with Gasteiger partial charge in [-0.25, -0.2) is 4.79 Å². The van der Waals surface area contributed by atoms with Gasteiger partial charge in [-0.3, -0.25) is 24.0 Å². The van der Waals surface area contributed by atoms with Crippen LogP contribution in [0.5, 0.6) is 0 Å². The lowest BCUT2D eigenvalue weighted by atomic mass is 9.98. The number of rotatable bonds is 38. The van der Waals surface area contributed by atoms with Crippen molar-refractivity contribution in [3.8, 4) is 0 Å². The minimum Gasteiger partial charge on any atom is -0.463 e. The maximum Gasteiger partial charge on any atom is 0.338 e. The number of hydrogen-bond donors (Lipinski definition) is 1. The van der Waals surface area contributed by atoms with E-state index in [1.807, 2.05) is 6.08 Å². The van der Waals surface area contributed by atoms with Crippen molar-refractivity contribution in [1.82, 2.24) is 5.32 Å². The summed E-state index contributed by atoms with van der Waals surface area (Å²) in [5, 5.41) is 3.05. The van der Waals surface area contributed by atoms with Crippen molar-refractivity contribution in [3.05, 3.63) is 60.2 Å². The van der Waals surface area contributed by atoms with Crippen LogP contribution in [0.25, 0.3) is 0 Å². The van der Waals surface area contributed by atoms with Crippen LogP contribution < -0.4 is 5.32 Å². The summed E-state index contributed by atoms with van der Waals surface area (Å²) in [6.07, 6.45) is 26.4. The molecular formula is C55H87NO13. The van der Waals surface area contributed by atoms with Crippen molar-refractivity contribution >= 4 is 35.8 Å². The Bertz CT molecular complexity index is 1650. The molecule has 0 spiro atoms. The average molecular weight is 970 g/mol. The molecule has 1 fully saturated rings. The number of benzene rings is 1. The molecule has 14 nitrogen and oxygen atoms in total. The first-order valence-electron chi connectivity index (χ1n) is 26.1. The number of nitrogens with one attached hydrogen (secondary N) is 1. The largest absolute Gasteiger partial charge is 0.463 e. The molecule has 1 amide bonds. The predicted molar refractivity (Wildman–Crippen MR) is 266 cm³/mol. The van der Waals surface area contributed by atoms with Crippen LogP contribution >= 0.6 is 0 Å².